The summed E-state index contributed by atoms with van der Waals surface area (Å²) in [5.74, 6) is 0.00458. The van der Waals surface area contributed by atoms with E-state index in [1.54, 1.807) is 22.3 Å². The zero-order chi connectivity index (χ0) is 11.4. The molecule has 0 aliphatic heterocycles. The summed E-state index contributed by atoms with van der Waals surface area (Å²) >= 11 is 1.61. The molecular weight excluding hydrogens is 222 g/mol. The van der Waals surface area contributed by atoms with Gasteiger partial charge in [-0.1, -0.05) is 6.07 Å². The summed E-state index contributed by atoms with van der Waals surface area (Å²) in [5.41, 5.74) is 0. The van der Waals surface area contributed by atoms with Crippen molar-refractivity contribution in [2.75, 3.05) is 13.2 Å². The molecule has 0 atom stereocenters. The standard InChI is InChI=1S/C12H15NO2S/c14-8-7-13(10-3-4-10)12(15)6-5-11-2-1-9-16-11/h1-2,5-6,9-10,14H,3-4,7-8H2/b6-5+. The number of rotatable bonds is 5. The van der Waals surface area contributed by atoms with Crippen molar-refractivity contribution in [3.05, 3.63) is 28.5 Å². The second-order valence-corrected chi connectivity index (χ2v) is 4.81. The van der Waals surface area contributed by atoms with Gasteiger partial charge in [-0.2, -0.15) is 0 Å². The molecule has 1 saturated carbocycles. The van der Waals surface area contributed by atoms with Crippen molar-refractivity contribution in [2.45, 2.75) is 18.9 Å². The lowest BCUT2D eigenvalue weighted by Gasteiger charge is -2.19. The van der Waals surface area contributed by atoms with E-state index in [-0.39, 0.29) is 12.5 Å². The highest BCUT2D eigenvalue weighted by Crippen LogP contribution is 2.26. The highest BCUT2D eigenvalue weighted by molar-refractivity contribution is 7.10. The van der Waals surface area contributed by atoms with E-state index in [0.717, 1.165) is 17.7 Å². The van der Waals surface area contributed by atoms with Gasteiger partial charge >= 0.3 is 0 Å². The average Bonchev–Trinajstić information content (AvgIpc) is 2.99. The number of carbonyl (C=O) groups is 1. The molecule has 1 aromatic heterocycles. The highest BCUT2D eigenvalue weighted by atomic mass is 32.1. The zero-order valence-electron chi connectivity index (χ0n) is 9.00. The van der Waals surface area contributed by atoms with Crippen LogP contribution in [0, 0.1) is 0 Å². The highest BCUT2D eigenvalue weighted by Gasteiger charge is 2.30. The lowest BCUT2D eigenvalue weighted by molar-refractivity contribution is -0.127. The van der Waals surface area contributed by atoms with E-state index < -0.39 is 0 Å². The Hall–Kier alpha value is -1.13. The average molecular weight is 237 g/mol. The maximum atomic E-state index is 11.8. The molecule has 0 unspecified atom stereocenters. The van der Waals surface area contributed by atoms with Crippen molar-refractivity contribution < 1.29 is 9.90 Å². The van der Waals surface area contributed by atoms with E-state index in [1.807, 2.05) is 23.6 Å². The summed E-state index contributed by atoms with van der Waals surface area (Å²) in [7, 11) is 0. The Morgan fingerprint density at radius 3 is 3.00 bits per heavy atom. The smallest absolute Gasteiger partial charge is 0.246 e. The molecule has 1 aliphatic carbocycles. The maximum Gasteiger partial charge on any atom is 0.246 e. The van der Waals surface area contributed by atoms with Crippen molar-refractivity contribution in [3.8, 4) is 0 Å². The molecule has 3 nitrogen and oxygen atoms in total. The van der Waals surface area contributed by atoms with Crippen molar-refractivity contribution in [3.63, 3.8) is 0 Å². The molecule has 1 aliphatic rings. The van der Waals surface area contributed by atoms with Gasteiger partial charge in [0.05, 0.1) is 6.61 Å². The van der Waals surface area contributed by atoms with Crippen LogP contribution in [0.1, 0.15) is 17.7 Å². The number of carbonyl (C=O) groups excluding carboxylic acids is 1. The quantitative estimate of drug-likeness (QED) is 0.792. The second kappa shape index (κ2) is 5.27. The van der Waals surface area contributed by atoms with Crippen LogP contribution in [-0.4, -0.2) is 35.1 Å². The molecule has 0 aromatic carbocycles. The normalized spacial score (nSPS) is 15.6. The lowest BCUT2D eigenvalue weighted by atomic mass is 10.3. The molecule has 0 bridgehead atoms. The van der Waals surface area contributed by atoms with Gasteiger partial charge in [-0.25, -0.2) is 0 Å². The number of nitrogens with zero attached hydrogens (tertiary/aromatic N) is 1. The molecule has 0 spiro atoms. The number of hydrogen-bond donors (Lipinski definition) is 1. The first kappa shape index (κ1) is 11.4. The number of amides is 1. The summed E-state index contributed by atoms with van der Waals surface area (Å²) in [6.45, 7) is 0.480. The van der Waals surface area contributed by atoms with Gasteiger partial charge in [0.1, 0.15) is 0 Å². The molecule has 1 heterocycles. The Kier molecular flexibility index (Phi) is 3.74. The molecular formula is C12H15NO2S. The van der Waals surface area contributed by atoms with Crippen molar-refractivity contribution in [1.82, 2.24) is 4.90 Å². The summed E-state index contributed by atoms with van der Waals surface area (Å²) in [5, 5.41) is 10.9. The fraction of sp³-hybridized carbons (Fsp3) is 0.417. The Bertz CT molecular complexity index is 368. The largest absolute Gasteiger partial charge is 0.395 e. The monoisotopic (exact) mass is 237 g/mol. The van der Waals surface area contributed by atoms with Crippen LogP contribution < -0.4 is 0 Å². The van der Waals surface area contributed by atoms with Crippen LogP contribution in [0.3, 0.4) is 0 Å². The predicted molar refractivity (Wildman–Crippen MR) is 65.2 cm³/mol. The van der Waals surface area contributed by atoms with Crippen LogP contribution in [0.5, 0.6) is 0 Å². The van der Waals surface area contributed by atoms with Crippen molar-refractivity contribution in [2.24, 2.45) is 0 Å². The second-order valence-electron chi connectivity index (χ2n) is 3.84. The SMILES string of the molecule is O=C(/C=C/c1cccs1)N(CCO)C1CC1. The first-order chi connectivity index (χ1) is 7.81. The number of aliphatic hydroxyl groups is 1. The van der Waals surface area contributed by atoms with Crippen LogP contribution in [-0.2, 0) is 4.79 Å². The van der Waals surface area contributed by atoms with Gasteiger partial charge < -0.3 is 10.0 Å². The van der Waals surface area contributed by atoms with Gasteiger partial charge in [-0.15, -0.1) is 11.3 Å². The summed E-state index contributed by atoms with van der Waals surface area (Å²) in [6, 6.07) is 4.29. The summed E-state index contributed by atoms with van der Waals surface area (Å²) in [4.78, 5) is 14.7. The van der Waals surface area contributed by atoms with Gasteiger partial charge in [-0.05, 0) is 30.4 Å². The van der Waals surface area contributed by atoms with E-state index in [2.05, 4.69) is 0 Å². The first-order valence-electron chi connectivity index (χ1n) is 5.44. The van der Waals surface area contributed by atoms with Gasteiger partial charge in [0.2, 0.25) is 5.91 Å². The first-order valence-corrected chi connectivity index (χ1v) is 6.32. The Labute approximate surface area is 99.0 Å². The molecule has 0 radical (unpaired) electrons. The van der Waals surface area contributed by atoms with E-state index >= 15 is 0 Å². The minimum absolute atomic E-state index is 0.00458. The Balaban J connectivity index is 1.94. The summed E-state index contributed by atoms with van der Waals surface area (Å²) < 4.78 is 0. The van der Waals surface area contributed by atoms with Gasteiger partial charge in [0.15, 0.2) is 0 Å². The lowest BCUT2D eigenvalue weighted by Crippen LogP contribution is -2.34. The van der Waals surface area contributed by atoms with E-state index in [0.29, 0.717) is 12.6 Å². The van der Waals surface area contributed by atoms with E-state index in [1.165, 1.54) is 0 Å². The molecule has 16 heavy (non-hydrogen) atoms. The van der Waals surface area contributed by atoms with Crippen LogP contribution in [0.4, 0.5) is 0 Å². The number of aliphatic hydroxyl groups excluding tert-OH is 1. The number of hydrogen-bond acceptors (Lipinski definition) is 3. The maximum absolute atomic E-state index is 11.8. The molecule has 86 valence electrons. The van der Waals surface area contributed by atoms with Crippen LogP contribution in [0.2, 0.25) is 0 Å². The number of thiophene rings is 1. The van der Waals surface area contributed by atoms with Gasteiger partial charge in [-0.3, -0.25) is 4.79 Å². The Morgan fingerprint density at radius 1 is 1.62 bits per heavy atom. The van der Waals surface area contributed by atoms with Crippen LogP contribution >= 0.6 is 11.3 Å². The molecule has 1 amide bonds. The molecule has 1 aromatic rings. The molecule has 4 heteroatoms. The third-order valence-electron chi connectivity index (χ3n) is 2.54. The zero-order valence-corrected chi connectivity index (χ0v) is 9.82. The van der Waals surface area contributed by atoms with Crippen LogP contribution in [0.25, 0.3) is 6.08 Å². The molecule has 1 fully saturated rings. The topological polar surface area (TPSA) is 40.5 Å². The van der Waals surface area contributed by atoms with Crippen LogP contribution in [0.15, 0.2) is 23.6 Å². The van der Waals surface area contributed by atoms with Crippen molar-refractivity contribution in [1.29, 1.82) is 0 Å². The summed E-state index contributed by atoms with van der Waals surface area (Å²) in [6.07, 6.45) is 5.57. The molecule has 2 rings (SSSR count). The molecule has 1 N–H and O–H groups in total. The van der Waals surface area contributed by atoms with E-state index in [4.69, 9.17) is 5.11 Å². The Morgan fingerprint density at radius 2 is 2.44 bits per heavy atom. The third kappa shape index (κ3) is 2.93. The molecule has 0 saturated heterocycles. The minimum atomic E-state index is 0.00458. The van der Waals surface area contributed by atoms with Crippen molar-refractivity contribution >= 4 is 23.3 Å². The fourth-order valence-corrected chi connectivity index (χ4v) is 2.22. The fourth-order valence-electron chi connectivity index (χ4n) is 1.60. The van der Waals surface area contributed by atoms with E-state index in [9.17, 15) is 4.79 Å². The van der Waals surface area contributed by atoms with Gasteiger partial charge in [0, 0.05) is 23.5 Å². The minimum Gasteiger partial charge on any atom is -0.395 e. The predicted octanol–water partition coefficient (Wildman–Crippen LogP) is 1.74. The van der Waals surface area contributed by atoms with Gasteiger partial charge in [0.25, 0.3) is 0 Å². The third-order valence-corrected chi connectivity index (χ3v) is 3.38.